The molecule has 0 spiro atoms. The summed E-state index contributed by atoms with van der Waals surface area (Å²) < 4.78 is 222. The Labute approximate surface area is 309 Å². The molecule has 0 aliphatic heterocycles. The molecule has 1 heterocycles. The first-order valence-corrected chi connectivity index (χ1v) is 15.1. The fourth-order valence-electron chi connectivity index (χ4n) is 4.56. The van der Waals surface area contributed by atoms with Gasteiger partial charge in [0, 0.05) is 47.4 Å². The van der Waals surface area contributed by atoms with E-state index >= 15 is 4.79 Å². The second kappa shape index (κ2) is 15.5. The van der Waals surface area contributed by atoms with Crippen molar-refractivity contribution in [3.63, 3.8) is 0 Å². The summed E-state index contributed by atoms with van der Waals surface area (Å²) >= 11 is 0.232. The molecule has 0 saturated carbocycles. The van der Waals surface area contributed by atoms with E-state index in [9.17, 15) is 27.8 Å². The Morgan fingerprint density at radius 1 is 1.02 bits per heavy atom. The number of benzene rings is 3. The second-order valence-electron chi connectivity index (χ2n) is 10.1. The first-order valence-electron chi connectivity index (χ1n) is 23.8. The SMILES string of the molecule is [2H]c1c([2H])c(C(F)(F)F)c([2H])c([2H])c1-c1c([2H])c([2H])c(C([2H])([2H])N(C(=O)Cn2c(SC([2H])([2H])c3ccc(F)cc3)nc(=O)c3c2CCC3)C([2H])([2H])C([2H])([2H])N(C([2H])([2H])C)C([2H])([2H])C)c(C)c1[2H]. The number of rotatable bonds is 13. The van der Waals surface area contributed by atoms with Crippen molar-refractivity contribution >= 4 is 17.7 Å². The summed E-state index contributed by atoms with van der Waals surface area (Å²) in [5.41, 5.74) is -9.69. The number of hydrogen-bond acceptors (Lipinski definition) is 5. The van der Waals surface area contributed by atoms with Crippen molar-refractivity contribution in [3.8, 4) is 11.1 Å². The highest BCUT2D eigenvalue weighted by Crippen LogP contribution is 2.32. The van der Waals surface area contributed by atoms with Crippen molar-refractivity contribution in [3.05, 3.63) is 116 Å². The van der Waals surface area contributed by atoms with E-state index in [1.165, 1.54) is 0 Å². The standard InChI is InChI=1S/C37H40F4N4O2S/c1-4-43(5-2)19-20-44(22-29-12-11-28(21-25(29)3)27-13-15-30(16-14-27)37(39,40)41)34(46)23-45-33-8-6-7-32(33)35(47)42-36(45)48-24-26-9-17-31(38)18-10-26/h9-18,21H,4-8,19-20,22-24H2,1-3H3/i4D2,5D2,11D,12D,13D,14D,15D,16D,19D2,20D2,21D,22D2,24D2. The lowest BCUT2D eigenvalue weighted by Crippen LogP contribution is -2.40. The zero-order valence-electron chi connectivity index (χ0n) is 44.7. The number of aromatic nitrogens is 2. The van der Waals surface area contributed by atoms with Gasteiger partial charge >= 0.3 is 6.18 Å². The van der Waals surface area contributed by atoms with Gasteiger partial charge in [0.25, 0.3) is 5.56 Å². The van der Waals surface area contributed by atoms with Crippen LogP contribution in [0.5, 0.6) is 0 Å². The first kappa shape index (κ1) is 18.2. The maximum absolute atomic E-state index is 15.1. The summed E-state index contributed by atoms with van der Waals surface area (Å²) in [6, 6.07) is -5.90. The largest absolute Gasteiger partial charge is 0.416 e. The Morgan fingerprint density at radius 3 is 2.38 bits per heavy atom. The number of carbonyl (C=O) groups is 1. The molecule has 0 saturated heterocycles. The van der Waals surface area contributed by atoms with Crippen molar-refractivity contribution in [2.24, 2.45) is 0 Å². The number of likely N-dealkylation sites (N-methyl/N-ethyl adjacent to an activating group) is 1. The predicted octanol–water partition coefficient (Wildman–Crippen LogP) is 7.53. The molecule has 1 amide bonds. The Hall–Kier alpha value is -3.96. The van der Waals surface area contributed by atoms with Crippen LogP contribution in [-0.4, -0.2) is 51.2 Å². The third-order valence-corrected chi connectivity index (χ3v) is 7.78. The van der Waals surface area contributed by atoms with E-state index in [0.29, 0.717) is 13.8 Å². The maximum Gasteiger partial charge on any atom is 0.416 e. The fraction of sp³-hybridized carbons (Fsp3) is 0.378. The van der Waals surface area contributed by atoms with E-state index in [4.69, 9.17) is 20.6 Å². The van der Waals surface area contributed by atoms with Crippen molar-refractivity contribution in [2.45, 2.75) is 70.1 Å². The third kappa shape index (κ3) is 8.54. The van der Waals surface area contributed by atoms with Crippen LogP contribution in [0.25, 0.3) is 11.1 Å². The molecule has 0 fully saturated rings. The maximum atomic E-state index is 15.1. The highest BCUT2D eigenvalue weighted by Gasteiger charge is 2.30. The summed E-state index contributed by atoms with van der Waals surface area (Å²) in [6.45, 7) is -17.9. The van der Waals surface area contributed by atoms with Crippen LogP contribution in [0.4, 0.5) is 17.6 Å². The van der Waals surface area contributed by atoms with E-state index in [0.717, 1.165) is 35.8 Å². The summed E-state index contributed by atoms with van der Waals surface area (Å²) in [6.07, 6.45) is -5.05. The average molecular weight is 700 g/mol. The molecule has 5 rings (SSSR count). The fourth-order valence-corrected chi connectivity index (χ4v) is 5.32. The average Bonchev–Trinajstić information content (AvgIpc) is 3.65. The van der Waals surface area contributed by atoms with Gasteiger partial charge in [-0.15, -0.1) is 0 Å². The Kier molecular flexibility index (Phi) is 5.86. The number of amides is 1. The third-order valence-electron chi connectivity index (χ3n) is 6.95. The Bertz CT molecular complexity index is 2640. The molecule has 11 heteroatoms. The van der Waals surface area contributed by atoms with Gasteiger partial charge in [-0.1, -0.05) is 68.0 Å². The predicted molar refractivity (Wildman–Crippen MR) is 181 cm³/mol. The van der Waals surface area contributed by atoms with Gasteiger partial charge < -0.3 is 14.4 Å². The lowest BCUT2D eigenvalue weighted by molar-refractivity contribution is -0.137. The molecule has 0 bridgehead atoms. The van der Waals surface area contributed by atoms with Gasteiger partial charge in [0.15, 0.2) is 5.16 Å². The summed E-state index contributed by atoms with van der Waals surface area (Å²) in [7, 11) is 0. The molecule has 254 valence electrons. The zero-order chi connectivity index (χ0) is 51.3. The van der Waals surface area contributed by atoms with E-state index in [-0.39, 0.29) is 52.7 Å². The van der Waals surface area contributed by atoms with Gasteiger partial charge in [0.05, 0.1) is 20.6 Å². The van der Waals surface area contributed by atoms with Gasteiger partial charge in [0.2, 0.25) is 5.91 Å². The highest BCUT2D eigenvalue weighted by molar-refractivity contribution is 7.98. The van der Waals surface area contributed by atoms with Crippen LogP contribution in [0, 0.1) is 12.7 Å². The van der Waals surface area contributed by atoms with Crippen molar-refractivity contribution < 1.29 is 48.4 Å². The lowest BCUT2D eigenvalue weighted by atomic mass is 9.98. The number of hydrogen-bond donors (Lipinski definition) is 0. The van der Waals surface area contributed by atoms with Crippen LogP contribution in [0.2, 0.25) is 0 Å². The van der Waals surface area contributed by atoms with E-state index in [1.54, 1.807) is 0 Å². The monoisotopic (exact) mass is 699 g/mol. The van der Waals surface area contributed by atoms with Crippen LogP contribution in [-0.2, 0) is 42.6 Å². The molecule has 0 radical (unpaired) electrons. The van der Waals surface area contributed by atoms with Crippen molar-refractivity contribution in [1.29, 1.82) is 0 Å². The Balaban J connectivity index is 1.83. The minimum Gasteiger partial charge on any atom is -0.336 e. The number of nitrogens with zero attached hydrogens (tertiary/aromatic N) is 4. The quantitative estimate of drug-likeness (QED) is 0.0821. The zero-order valence-corrected chi connectivity index (χ0v) is 26.5. The van der Waals surface area contributed by atoms with Gasteiger partial charge in [-0.05, 0) is 91.2 Å². The molecule has 0 unspecified atom stereocenters. The van der Waals surface area contributed by atoms with Crippen LogP contribution in [0.1, 0.15) is 79.8 Å². The van der Waals surface area contributed by atoms with Crippen LogP contribution in [0.15, 0.2) is 76.5 Å². The molecule has 4 aromatic rings. The smallest absolute Gasteiger partial charge is 0.336 e. The number of thioether (sulfide) groups is 1. The van der Waals surface area contributed by atoms with Crippen LogP contribution in [0.3, 0.4) is 0 Å². The molecule has 1 aliphatic rings. The minimum absolute atomic E-state index is 0.00971. The van der Waals surface area contributed by atoms with Crippen molar-refractivity contribution in [2.75, 3.05) is 26.0 Å². The summed E-state index contributed by atoms with van der Waals surface area (Å²) in [5, 5.41) is -0.561. The van der Waals surface area contributed by atoms with E-state index in [1.807, 2.05) is 0 Å². The van der Waals surface area contributed by atoms with E-state index in [2.05, 4.69) is 4.98 Å². The first-order chi connectivity index (χ1) is 30.3. The Morgan fingerprint density at radius 2 is 1.71 bits per heavy atom. The number of fused-ring (bicyclic) bond motifs is 1. The van der Waals surface area contributed by atoms with Crippen molar-refractivity contribution in [1.82, 2.24) is 19.4 Å². The van der Waals surface area contributed by atoms with Gasteiger partial charge in [0.1, 0.15) is 12.4 Å². The number of carbonyl (C=O) groups excluding carboxylic acids is 1. The molecule has 6 nitrogen and oxygen atoms in total. The molecular weight excluding hydrogens is 640 g/mol. The van der Waals surface area contributed by atoms with Gasteiger partial charge in [-0.25, -0.2) is 4.39 Å². The molecule has 1 aliphatic carbocycles. The minimum atomic E-state index is -5.41. The second-order valence-corrected chi connectivity index (χ2v) is 10.9. The number of alkyl halides is 3. The number of halogens is 4. The summed E-state index contributed by atoms with van der Waals surface area (Å²) in [5.74, 6) is -2.54. The molecular formula is C37H40F4N4O2S. The molecule has 0 atom stereocenters. The molecule has 0 N–H and O–H groups in total. The summed E-state index contributed by atoms with van der Waals surface area (Å²) in [4.78, 5) is 31.6. The normalized spacial score (nSPS) is 20.4. The van der Waals surface area contributed by atoms with Crippen LogP contribution >= 0.6 is 11.8 Å². The molecule has 1 aromatic heterocycles. The van der Waals surface area contributed by atoms with Gasteiger partial charge in [-0.2, -0.15) is 18.2 Å². The van der Waals surface area contributed by atoms with Gasteiger partial charge in [-0.3, -0.25) is 9.59 Å². The highest BCUT2D eigenvalue weighted by atomic mass is 32.2. The van der Waals surface area contributed by atoms with Crippen LogP contribution < -0.4 is 5.56 Å². The van der Waals surface area contributed by atoms with E-state index < -0.39 is 148 Å². The molecule has 48 heavy (non-hydrogen) atoms. The topological polar surface area (TPSA) is 58.4 Å². The lowest BCUT2D eigenvalue weighted by Gasteiger charge is -2.28. The molecule has 3 aromatic carbocycles.